The first kappa shape index (κ1) is 16.8. The highest BCUT2D eigenvalue weighted by Gasteiger charge is 2.21. The lowest BCUT2D eigenvalue weighted by Gasteiger charge is -2.37. The zero-order chi connectivity index (χ0) is 17.9. The van der Waals surface area contributed by atoms with Crippen LogP contribution < -0.4 is 10.2 Å². The van der Waals surface area contributed by atoms with E-state index in [1.807, 2.05) is 13.1 Å². The fraction of sp³-hybridized carbons (Fsp3) is 0.238. The standard InChI is InChI=1S/C21H22N4S/c1-22-21(26)25-13-11-24(12-14-25)20-15-19(16-7-3-2-4-8-16)23-18-10-6-5-9-17(18)20/h2-10,15H,11-14H2,1H3,(H,22,26). The number of piperazine rings is 1. The molecule has 1 N–H and O–H groups in total. The van der Waals surface area contributed by atoms with E-state index in [1.54, 1.807) is 0 Å². The quantitative estimate of drug-likeness (QED) is 0.705. The molecule has 1 aliphatic rings. The third-order valence-corrected chi connectivity index (χ3v) is 5.35. The van der Waals surface area contributed by atoms with Crippen molar-refractivity contribution in [3.63, 3.8) is 0 Å². The Morgan fingerprint density at radius 1 is 0.962 bits per heavy atom. The van der Waals surface area contributed by atoms with E-state index in [2.05, 4.69) is 69.7 Å². The van der Waals surface area contributed by atoms with Crippen molar-refractivity contribution in [3.8, 4) is 11.3 Å². The lowest BCUT2D eigenvalue weighted by atomic mass is 10.1. The summed E-state index contributed by atoms with van der Waals surface area (Å²) in [5.41, 5.74) is 4.46. The number of benzene rings is 2. The Kier molecular flexibility index (Phi) is 4.71. The molecule has 0 radical (unpaired) electrons. The van der Waals surface area contributed by atoms with Crippen molar-refractivity contribution in [2.45, 2.75) is 0 Å². The minimum Gasteiger partial charge on any atom is -0.367 e. The molecule has 0 saturated carbocycles. The van der Waals surface area contributed by atoms with Crippen LogP contribution in [-0.2, 0) is 0 Å². The molecule has 4 nitrogen and oxygen atoms in total. The fourth-order valence-electron chi connectivity index (χ4n) is 3.48. The third kappa shape index (κ3) is 3.22. The van der Waals surface area contributed by atoms with E-state index in [-0.39, 0.29) is 0 Å². The molecule has 1 aliphatic heterocycles. The summed E-state index contributed by atoms with van der Waals surface area (Å²) >= 11 is 5.38. The van der Waals surface area contributed by atoms with Gasteiger partial charge in [0.25, 0.3) is 0 Å². The predicted molar refractivity (Wildman–Crippen MR) is 113 cm³/mol. The molecule has 0 amide bonds. The normalized spacial score (nSPS) is 14.5. The van der Waals surface area contributed by atoms with Crippen molar-refractivity contribution in [3.05, 3.63) is 60.7 Å². The number of thiocarbonyl (C=S) groups is 1. The molecule has 26 heavy (non-hydrogen) atoms. The Morgan fingerprint density at radius 2 is 1.65 bits per heavy atom. The molecule has 132 valence electrons. The van der Waals surface area contributed by atoms with Crippen LogP contribution in [0.15, 0.2) is 60.7 Å². The minimum absolute atomic E-state index is 0.828. The number of nitrogens with zero attached hydrogens (tertiary/aromatic N) is 3. The van der Waals surface area contributed by atoms with Crippen LogP contribution in [0.1, 0.15) is 0 Å². The van der Waals surface area contributed by atoms with Crippen LogP contribution >= 0.6 is 12.2 Å². The number of anilines is 1. The topological polar surface area (TPSA) is 31.4 Å². The van der Waals surface area contributed by atoms with Crippen molar-refractivity contribution >= 4 is 33.9 Å². The summed E-state index contributed by atoms with van der Waals surface area (Å²) in [5, 5.41) is 5.11. The average molecular weight is 363 g/mol. The smallest absolute Gasteiger partial charge is 0.168 e. The monoisotopic (exact) mass is 362 g/mol. The lowest BCUT2D eigenvalue weighted by molar-refractivity contribution is 0.383. The Hall–Kier alpha value is -2.66. The number of fused-ring (bicyclic) bond motifs is 1. The summed E-state index contributed by atoms with van der Waals surface area (Å²) in [6.45, 7) is 3.75. The summed E-state index contributed by atoms with van der Waals surface area (Å²) in [5.74, 6) is 0. The lowest BCUT2D eigenvalue weighted by Crippen LogP contribution is -2.51. The van der Waals surface area contributed by atoms with Crippen molar-refractivity contribution in [2.24, 2.45) is 0 Å². The van der Waals surface area contributed by atoms with Crippen LogP contribution in [-0.4, -0.2) is 48.2 Å². The maximum absolute atomic E-state index is 5.38. The first-order valence-electron chi connectivity index (χ1n) is 8.93. The Labute approximate surface area is 159 Å². The van der Waals surface area contributed by atoms with Crippen LogP contribution in [0.25, 0.3) is 22.2 Å². The molecular weight excluding hydrogens is 340 g/mol. The van der Waals surface area contributed by atoms with Gasteiger partial charge in [-0.2, -0.15) is 0 Å². The van der Waals surface area contributed by atoms with Gasteiger partial charge in [0, 0.05) is 49.9 Å². The highest BCUT2D eigenvalue weighted by atomic mass is 32.1. The molecule has 2 aromatic carbocycles. The first-order valence-corrected chi connectivity index (χ1v) is 9.34. The molecule has 2 heterocycles. The van der Waals surface area contributed by atoms with Crippen LogP contribution in [0, 0.1) is 0 Å². The van der Waals surface area contributed by atoms with E-state index in [4.69, 9.17) is 17.2 Å². The second-order valence-electron chi connectivity index (χ2n) is 6.44. The average Bonchev–Trinajstić information content (AvgIpc) is 2.73. The number of rotatable bonds is 2. The number of aromatic nitrogens is 1. The van der Waals surface area contributed by atoms with E-state index in [0.717, 1.165) is 48.1 Å². The van der Waals surface area contributed by atoms with Gasteiger partial charge in [0.1, 0.15) is 0 Å². The largest absolute Gasteiger partial charge is 0.367 e. The molecular formula is C21H22N4S. The molecule has 0 bridgehead atoms. The van der Waals surface area contributed by atoms with Crippen molar-refractivity contribution in [2.75, 3.05) is 38.1 Å². The maximum atomic E-state index is 5.38. The molecule has 0 spiro atoms. The minimum atomic E-state index is 0.828. The van der Waals surface area contributed by atoms with Gasteiger partial charge in [0.15, 0.2) is 5.11 Å². The van der Waals surface area contributed by atoms with Crippen molar-refractivity contribution in [1.82, 2.24) is 15.2 Å². The van der Waals surface area contributed by atoms with Gasteiger partial charge in [-0.1, -0.05) is 48.5 Å². The van der Waals surface area contributed by atoms with E-state index >= 15 is 0 Å². The van der Waals surface area contributed by atoms with Gasteiger partial charge >= 0.3 is 0 Å². The van der Waals surface area contributed by atoms with Crippen LogP contribution in [0.4, 0.5) is 5.69 Å². The summed E-state index contributed by atoms with van der Waals surface area (Å²) in [4.78, 5) is 9.57. The number of nitrogens with one attached hydrogen (secondary N) is 1. The molecule has 1 saturated heterocycles. The van der Waals surface area contributed by atoms with Gasteiger partial charge in [-0.3, -0.25) is 0 Å². The Morgan fingerprint density at radius 3 is 2.38 bits per heavy atom. The summed E-state index contributed by atoms with van der Waals surface area (Å²) in [6.07, 6.45) is 0. The summed E-state index contributed by atoms with van der Waals surface area (Å²) < 4.78 is 0. The second-order valence-corrected chi connectivity index (χ2v) is 6.83. The molecule has 4 rings (SSSR count). The summed E-state index contributed by atoms with van der Waals surface area (Å²) in [7, 11) is 1.89. The fourth-order valence-corrected chi connectivity index (χ4v) is 3.67. The Balaban J connectivity index is 1.71. The molecule has 1 fully saturated rings. The second kappa shape index (κ2) is 7.30. The van der Waals surface area contributed by atoms with Crippen LogP contribution in [0.5, 0.6) is 0 Å². The van der Waals surface area contributed by atoms with Gasteiger partial charge in [0.2, 0.25) is 0 Å². The van der Waals surface area contributed by atoms with Gasteiger partial charge in [-0.25, -0.2) is 4.98 Å². The van der Waals surface area contributed by atoms with Gasteiger partial charge in [0.05, 0.1) is 11.2 Å². The number of para-hydroxylation sites is 1. The van der Waals surface area contributed by atoms with E-state index in [0.29, 0.717) is 0 Å². The number of hydrogen-bond acceptors (Lipinski definition) is 3. The van der Waals surface area contributed by atoms with Crippen molar-refractivity contribution < 1.29 is 0 Å². The Bertz CT molecular complexity index is 918. The molecule has 0 aliphatic carbocycles. The number of hydrogen-bond donors (Lipinski definition) is 1. The predicted octanol–water partition coefficient (Wildman–Crippen LogP) is 3.53. The SMILES string of the molecule is CNC(=S)N1CCN(c2cc(-c3ccccc3)nc3ccccc23)CC1. The molecule has 0 atom stereocenters. The zero-order valence-corrected chi connectivity index (χ0v) is 15.7. The van der Waals surface area contributed by atoms with Gasteiger partial charge < -0.3 is 15.1 Å². The molecule has 0 unspecified atom stereocenters. The molecule has 3 aromatic rings. The highest BCUT2D eigenvalue weighted by Crippen LogP contribution is 2.31. The van der Waals surface area contributed by atoms with E-state index < -0.39 is 0 Å². The van der Waals surface area contributed by atoms with E-state index in [9.17, 15) is 0 Å². The third-order valence-electron chi connectivity index (χ3n) is 4.89. The van der Waals surface area contributed by atoms with Gasteiger partial charge in [-0.15, -0.1) is 0 Å². The molecule has 1 aromatic heterocycles. The van der Waals surface area contributed by atoms with Crippen LogP contribution in [0.2, 0.25) is 0 Å². The number of pyridine rings is 1. The zero-order valence-electron chi connectivity index (χ0n) is 14.9. The highest BCUT2D eigenvalue weighted by molar-refractivity contribution is 7.80. The van der Waals surface area contributed by atoms with Gasteiger partial charge in [-0.05, 0) is 24.4 Å². The first-order chi connectivity index (χ1) is 12.8. The van der Waals surface area contributed by atoms with Crippen LogP contribution in [0.3, 0.4) is 0 Å². The van der Waals surface area contributed by atoms with E-state index in [1.165, 1.54) is 11.1 Å². The van der Waals surface area contributed by atoms with Crippen molar-refractivity contribution in [1.29, 1.82) is 0 Å². The molecule has 5 heteroatoms. The maximum Gasteiger partial charge on any atom is 0.168 e. The summed E-state index contributed by atoms with van der Waals surface area (Å²) in [6, 6.07) is 21.0.